The van der Waals surface area contributed by atoms with Gasteiger partial charge < -0.3 is 10.6 Å². The Hall–Kier alpha value is -2.41. The predicted molar refractivity (Wildman–Crippen MR) is 93.8 cm³/mol. The molecule has 0 aliphatic rings. The molecule has 0 saturated heterocycles. The van der Waals surface area contributed by atoms with Gasteiger partial charge in [-0.3, -0.25) is 14.9 Å². The van der Waals surface area contributed by atoms with E-state index in [2.05, 4.69) is 26.6 Å². The van der Waals surface area contributed by atoms with Crippen molar-refractivity contribution in [3.8, 4) is 0 Å². The molecule has 0 fully saturated rings. The van der Waals surface area contributed by atoms with Crippen molar-refractivity contribution in [2.24, 2.45) is 0 Å². The minimum atomic E-state index is -0.488. The second-order valence-corrected chi connectivity index (χ2v) is 5.98. The van der Waals surface area contributed by atoms with E-state index in [-0.39, 0.29) is 18.1 Å². The van der Waals surface area contributed by atoms with Gasteiger partial charge >= 0.3 is 0 Å². The molecule has 7 heteroatoms. The Kier molecular flexibility index (Phi) is 5.33. The third kappa shape index (κ3) is 4.53. The number of rotatable bonds is 5. The van der Waals surface area contributed by atoms with Gasteiger partial charge in [0.15, 0.2) is 0 Å². The standard InChI is InChI=1S/C16H16BrN3O3/c1-10-3-5-13(20(22)23)8-15(10)19-16(21)9-18-12-4-6-14(17)11(2)7-12/h3-8,18H,9H2,1-2H3,(H,19,21). The summed E-state index contributed by atoms with van der Waals surface area (Å²) in [5.74, 6) is -0.269. The lowest BCUT2D eigenvalue weighted by molar-refractivity contribution is -0.384. The maximum absolute atomic E-state index is 12.0. The zero-order valence-electron chi connectivity index (χ0n) is 12.7. The first-order chi connectivity index (χ1) is 10.9. The number of amides is 1. The molecule has 0 radical (unpaired) electrons. The molecule has 2 rings (SSSR count). The summed E-state index contributed by atoms with van der Waals surface area (Å²) >= 11 is 3.42. The Morgan fingerprint density at radius 3 is 2.57 bits per heavy atom. The van der Waals surface area contributed by atoms with E-state index in [1.807, 2.05) is 25.1 Å². The van der Waals surface area contributed by atoms with Crippen LogP contribution in [0.5, 0.6) is 0 Å². The topological polar surface area (TPSA) is 84.3 Å². The summed E-state index contributed by atoms with van der Waals surface area (Å²) in [5, 5.41) is 16.5. The lowest BCUT2D eigenvalue weighted by atomic mass is 10.2. The minimum Gasteiger partial charge on any atom is -0.376 e. The molecule has 23 heavy (non-hydrogen) atoms. The van der Waals surface area contributed by atoms with Crippen molar-refractivity contribution in [3.05, 3.63) is 62.1 Å². The van der Waals surface area contributed by atoms with Crippen LogP contribution in [0.25, 0.3) is 0 Å². The zero-order chi connectivity index (χ0) is 17.0. The predicted octanol–water partition coefficient (Wildman–Crippen LogP) is 4.02. The summed E-state index contributed by atoms with van der Waals surface area (Å²) in [7, 11) is 0. The molecular weight excluding hydrogens is 362 g/mol. The first-order valence-electron chi connectivity index (χ1n) is 6.92. The molecule has 0 aliphatic carbocycles. The van der Waals surface area contributed by atoms with Gasteiger partial charge in [-0.1, -0.05) is 22.0 Å². The summed E-state index contributed by atoms with van der Waals surface area (Å²) in [4.78, 5) is 22.3. The quantitative estimate of drug-likeness (QED) is 0.608. The van der Waals surface area contributed by atoms with E-state index in [0.29, 0.717) is 5.69 Å². The van der Waals surface area contributed by atoms with Crippen LogP contribution >= 0.6 is 15.9 Å². The van der Waals surface area contributed by atoms with Gasteiger partial charge in [-0.25, -0.2) is 0 Å². The van der Waals surface area contributed by atoms with Gasteiger partial charge in [-0.15, -0.1) is 0 Å². The van der Waals surface area contributed by atoms with E-state index < -0.39 is 4.92 Å². The van der Waals surface area contributed by atoms with Crippen molar-refractivity contribution in [2.75, 3.05) is 17.2 Å². The number of hydrogen-bond acceptors (Lipinski definition) is 4. The van der Waals surface area contributed by atoms with Gasteiger partial charge in [-0.2, -0.15) is 0 Å². The highest BCUT2D eigenvalue weighted by molar-refractivity contribution is 9.10. The Morgan fingerprint density at radius 2 is 1.91 bits per heavy atom. The molecule has 0 spiro atoms. The number of non-ortho nitro benzene ring substituents is 1. The molecule has 0 atom stereocenters. The van der Waals surface area contributed by atoms with Crippen LogP contribution in [0.4, 0.5) is 17.1 Å². The number of nitrogens with zero attached hydrogens (tertiary/aromatic N) is 1. The number of nitro groups is 1. The van der Waals surface area contributed by atoms with Crippen LogP contribution in [0, 0.1) is 24.0 Å². The largest absolute Gasteiger partial charge is 0.376 e. The van der Waals surface area contributed by atoms with Crippen molar-refractivity contribution in [1.29, 1.82) is 0 Å². The maximum Gasteiger partial charge on any atom is 0.271 e. The molecule has 0 aliphatic heterocycles. The molecule has 0 aromatic heterocycles. The number of halogens is 1. The highest BCUT2D eigenvalue weighted by Gasteiger charge is 2.11. The summed E-state index contributed by atoms with van der Waals surface area (Å²) in [6.07, 6.45) is 0. The Bertz CT molecular complexity index is 762. The van der Waals surface area contributed by atoms with Crippen LogP contribution in [0.15, 0.2) is 40.9 Å². The average Bonchev–Trinajstić information content (AvgIpc) is 2.50. The zero-order valence-corrected chi connectivity index (χ0v) is 14.3. The van der Waals surface area contributed by atoms with Crippen molar-refractivity contribution in [1.82, 2.24) is 0 Å². The van der Waals surface area contributed by atoms with Gasteiger partial charge in [0.25, 0.3) is 5.69 Å². The number of carbonyl (C=O) groups excluding carboxylic acids is 1. The number of nitrogens with one attached hydrogen (secondary N) is 2. The van der Waals surface area contributed by atoms with Crippen molar-refractivity contribution < 1.29 is 9.72 Å². The number of anilines is 2. The van der Waals surface area contributed by atoms with E-state index in [4.69, 9.17) is 0 Å². The maximum atomic E-state index is 12.0. The van der Waals surface area contributed by atoms with E-state index >= 15 is 0 Å². The van der Waals surface area contributed by atoms with Crippen LogP contribution < -0.4 is 10.6 Å². The Balaban J connectivity index is 2.00. The SMILES string of the molecule is Cc1cc(NCC(=O)Nc2cc([N+](=O)[O-])ccc2C)ccc1Br. The summed E-state index contributed by atoms with van der Waals surface area (Å²) < 4.78 is 1.000. The summed E-state index contributed by atoms with van der Waals surface area (Å²) in [6, 6.07) is 10.1. The van der Waals surface area contributed by atoms with Crippen LogP contribution in [0.2, 0.25) is 0 Å². The molecule has 0 bridgehead atoms. The fourth-order valence-corrected chi connectivity index (χ4v) is 2.24. The number of nitro benzene ring substituents is 1. The Morgan fingerprint density at radius 1 is 1.17 bits per heavy atom. The number of carbonyl (C=O) groups is 1. The van der Waals surface area contributed by atoms with Crippen LogP contribution in [0.3, 0.4) is 0 Å². The van der Waals surface area contributed by atoms with E-state index in [9.17, 15) is 14.9 Å². The van der Waals surface area contributed by atoms with Gasteiger partial charge in [-0.05, 0) is 43.2 Å². The molecule has 6 nitrogen and oxygen atoms in total. The first-order valence-corrected chi connectivity index (χ1v) is 7.71. The normalized spacial score (nSPS) is 10.2. The number of aryl methyl sites for hydroxylation is 2. The highest BCUT2D eigenvalue weighted by Crippen LogP contribution is 2.22. The molecule has 0 heterocycles. The highest BCUT2D eigenvalue weighted by atomic mass is 79.9. The minimum absolute atomic E-state index is 0.0533. The van der Waals surface area contributed by atoms with E-state index in [1.54, 1.807) is 13.0 Å². The van der Waals surface area contributed by atoms with Crippen LogP contribution in [-0.4, -0.2) is 17.4 Å². The van der Waals surface area contributed by atoms with Gasteiger partial charge in [0.1, 0.15) is 0 Å². The van der Waals surface area contributed by atoms with E-state index in [0.717, 1.165) is 21.3 Å². The van der Waals surface area contributed by atoms with Crippen molar-refractivity contribution >= 4 is 38.9 Å². The van der Waals surface area contributed by atoms with Gasteiger partial charge in [0, 0.05) is 22.3 Å². The van der Waals surface area contributed by atoms with Crippen molar-refractivity contribution in [2.45, 2.75) is 13.8 Å². The van der Waals surface area contributed by atoms with Crippen molar-refractivity contribution in [3.63, 3.8) is 0 Å². The average molecular weight is 378 g/mol. The second-order valence-electron chi connectivity index (χ2n) is 5.12. The first kappa shape index (κ1) is 17.0. The van der Waals surface area contributed by atoms with Crippen LogP contribution in [0.1, 0.15) is 11.1 Å². The van der Waals surface area contributed by atoms with E-state index in [1.165, 1.54) is 12.1 Å². The Labute approximate surface area is 142 Å². The fourth-order valence-electron chi connectivity index (χ4n) is 1.99. The summed E-state index contributed by atoms with van der Waals surface area (Å²) in [5.41, 5.74) is 3.05. The molecule has 2 aromatic carbocycles. The number of hydrogen-bond donors (Lipinski definition) is 2. The molecule has 2 N–H and O–H groups in total. The molecular formula is C16H16BrN3O3. The fraction of sp³-hybridized carbons (Fsp3) is 0.188. The molecule has 0 unspecified atom stereocenters. The molecule has 1 amide bonds. The number of benzene rings is 2. The second kappa shape index (κ2) is 7.23. The van der Waals surface area contributed by atoms with Gasteiger partial charge in [0.05, 0.1) is 17.2 Å². The molecule has 0 saturated carbocycles. The third-order valence-electron chi connectivity index (χ3n) is 3.32. The summed E-state index contributed by atoms with van der Waals surface area (Å²) in [6.45, 7) is 3.82. The van der Waals surface area contributed by atoms with Gasteiger partial charge in [0.2, 0.25) is 5.91 Å². The molecule has 2 aromatic rings. The lowest BCUT2D eigenvalue weighted by Gasteiger charge is -2.10. The smallest absolute Gasteiger partial charge is 0.271 e. The lowest BCUT2D eigenvalue weighted by Crippen LogP contribution is -2.22. The third-order valence-corrected chi connectivity index (χ3v) is 4.21. The van der Waals surface area contributed by atoms with Crippen LogP contribution in [-0.2, 0) is 4.79 Å². The monoisotopic (exact) mass is 377 g/mol. The molecule has 120 valence electrons.